The predicted octanol–water partition coefficient (Wildman–Crippen LogP) is 3.14. The van der Waals surface area contributed by atoms with E-state index in [4.69, 9.17) is 4.74 Å². The number of nitrogens with zero attached hydrogens (tertiary/aromatic N) is 2. The summed E-state index contributed by atoms with van der Waals surface area (Å²) >= 11 is 0. The van der Waals surface area contributed by atoms with E-state index < -0.39 is 0 Å². The lowest BCUT2D eigenvalue weighted by atomic mass is 10.2. The third-order valence-corrected chi connectivity index (χ3v) is 3.43. The van der Waals surface area contributed by atoms with Gasteiger partial charge in [0, 0.05) is 24.2 Å². The molecule has 0 saturated heterocycles. The van der Waals surface area contributed by atoms with Crippen molar-refractivity contribution >= 4 is 11.0 Å². The molecule has 0 radical (unpaired) electrons. The molecule has 1 aromatic heterocycles. The lowest BCUT2D eigenvalue weighted by molar-refractivity contribution is 0.415. The molecule has 0 amide bonds. The van der Waals surface area contributed by atoms with Gasteiger partial charge < -0.3 is 19.5 Å². The Morgan fingerprint density at radius 2 is 1.81 bits per heavy atom. The molecule has 0 aliphatic carbocycles. The molecule has 2 aromatic carbocycles. The number of aryl methyl sites for hydroxylation is 1. The molecule has 0 unspecified atom stereocenters. The number of benzene rings is 2. The average Bonchev–Trinajstić information content (AvgIpc) is 2.83. The SMILES string of the molecule is CCn1c(-c2cc(O)cc(O)c2)nc2cc(OC)ccc21. The van der Waals surface area contributed by atoms with Gasteiger partial charge in [0.2, 0.25) is 0 Å². The fraction of sp³-hybridized carbons (Fsp3) is 0.188. The number of hydrogen-bond donors (Lipinski definition) is 2. The largest absolute Gasteiger partial charge is 0.508 e. The van der Waals surface area contributed by atoms with Crippen molar-refractivity contribution in [2.45, 2.75) is 13.5 Å². The number of aromatic hydroxyl groups is 2. The standard InChI is InChI=1S/C16H16N2O3/c1-3-18-15-5-4-13(21-2)9-14(15)17-16(18)10-6-11(19)8-12(20)7-10/h4-9,19-20H,3H2,1-2H3. The van der Waals surface area contributed by atoms with Crippen LogP contribution in [0.5, 0.6) is 17.2 Å². The fourth-order valence-electron chi connectivity index (χ4n) is 2.50. The van der Waals surface area contributed by atoms with E-state index in [1.54, 1.807) is 19.2 Å². The molecule has 0 saturated carbocycles. The van der Waals surface area contributed by atoms with Crippen LogP contribution in [0.1, 0.15) is 6.92 Å². The third-order valence-electron chi connectivity index (χ3n) is 3.43. The first kappa shape index (κ1) is 13.3. The number of imidazole rings is 1. The van der Waals surface area contributed by atoms with Gasteiger partial charge in [0.15, 0.2) is 0 Å². The second kappa shape index (κ2) is 5.01. The number of methoxy groups -OCH3 is 1. The van der Waals surface area contributed by atoms with Crippen molar-refractivity contribution in [2.75, 3.05) is 7.11 Å². The predicted molar refractivity (Wildman–Crippen MR) is 80.7 cm³/mol. The summed E-state index contributed by atoms with van der Waals surface area (Å²) in [5.74, 6) is 1.47. The Kier molecular flexibility index (Phi) is 3.17. The van der Waals surface area contributed by atoms with E-state index in [9.17, 15) is 10.2 Å². The highest BCUT2D eigenvalue weighted by atomic mass is 16.5. The molecule has 2 N–H and O–H groups in total. The van der Waals surface area contributed by atoms with Crippen LogP contribution < -0.4 is 4.74 Å². The molecule has 0 aliphatic heterocycles. The maximum Gasteiger partial charge on any atom is 0.141 e. The van der Waals surface area contributed by atoms with Crippen LogP contribution in [-0.2, 0) is 6.54 Å². The van der Waals surface area contributed by atoms with Crippen molar-refractivity contribution in [3.63, 3.8) is 0 Å². The van der Waals surface area contributed by atoms with Gasteiger partial charge in [-0.2, -0.15) is 0 Å². The molecule has 0 bridgehead atoms. The molecule has 0 atom stereocenters. The van der Waals surface area contributed by atoms with Crippen LogP contribution in [-0.4, -0.2) is 26.9 Å². The van der Waals surface area contributed by atoms with Crippen molar-refractivity contribution in [3.05, 3.63) is 36.4 Å². The number of phenols is 2. The highest BCUT2D eigenvalue weighted by molar-refractivity contribution is 5.82. The summed E-state index contributed by atoms with van der Waals surface area (Å²) in [7, 11) is 1.62. The first-order valence-electron chi connectivity index (χ1n) is 6.70. The molecule has 0 spiro atoms. The first-order valence-corrected chi connectivity index (χ1v) is 6.70. The number of fused-ring (bicyclic) bond motifs is 1. The Bertz CT molecular complexity index is 788. The average molecular weight is 284 g/mol. The van der Waals surface area contributed by atoms with Gasteiger partial charge in [-0.05, 0) is 31.2 Å². The minimum atomic E-state index is 0.0114. The highest BCUT2D eigenvalue weighted by Crippen LogP contribution is 2.31. The van der Waals surface area contributed by atoms with Gasteiger partial charge in [0.05, 0.1) is 18.1 Å². The minimum absolute atomic E-state index is 0.0114. The van der Waals surface area contributed by atoms with Crippen molar-refractivity contribution in [2.24, 2.45) is 0 Å². The quantitative estimate of drug-likeness (QED) is 0.775. The van der Waals surface area contributed by atoms with E-state index in [0.717, 1.165) is 23.3 Å². The van der Waals surface area contributed by atoms with Gasteiger partial charge >= 0.3 is 0 Å². The molecule has 3 aromatic rings. The lowest BCUT2D eigenvalue weighted by Crippen LogP contribution is -1.97. The summed E-state index contributed by atoms with van der Waals surface area (Å²) in [6.45, 7) is 2.76. The van der Waals surface area contributed by atoms with Crippen molar-refractivity contribution in [1.82, 2.24) is 9.55 Å². The van der Waals surface area contributed by atoms with Crippen LogP contribution in [0.3, 0.4) is 0 Å². The Hall–Kier alpha value is -2.69. The van der Waals surface area contributed by atoms with Gasteiger partial charge in [-0.15, -0.1) is 0 Å². The molecule has 1 heterocycles. The normalized spacial score (nSPS) is 11.0. The minimum Gasteiger partial charge on any atom is -0.508 e. The van der Waals surface area contributed by atoms with Gasteiger partial charge in [-0.1, -0.05) is 0 Å². The zero-order valence-electron chi connectivity index (χ0n) is 11.9. The van der Waals surface area contributed by atoms with Crippen LogP contribution in [0.4, 0.5) is 0 Å². The Labute approximate surface area is 122 Å². The number of aromatic nitrogens is 2. The zero-order chi connectivity index (χ0) is 15.0. The Morgan fingerprint density at radius 3 is 2.43 bits per heavy atom. The maximum atomic E-state index is 9.66. The summed E-state index contributed by atoms with van der Waals surface area (Å²) in [6.07, 6.45) is 0. The highest BCUT2D eigenvalue weighted by Gasteiger charge is 2.13. The van der Waals surface area contributed by atoms with Gasteiger partial charge in [0.1, 0.15) is 23.1 Å². The molecule has 108 valence electrons. The van der Waals surface area contributed by atoms with E-state index >= 15 is 0 Å². The number of phenolic OH excluding ortho intramolecular Hbond substituents is 2. The first-order chi connectivity index (χ1) is 10.1. The van der Waals surface area contributed by atoms with Gasteiger partial charge in [0.25, 0.3) is 0 Å². The van der Waals surface area contributed by atoms with Crippen LogP contribution in [0, 0.1) is 0 Å². The van der Waals surface area contributed by atoms with E-state index in [1.807, 2.05) is 29.7 Å². The second-order valence-corrected chi connectivity index (χ2v) is 4.77. The van der Waals surface area contributed by atoms with Crippen molar-refractivity contribution in [3.8, 4) is 28.6 Å². The Morgan fingerprint density at radius 1 is 1.10 bits per heavy atom. The molecular formula is C16H16N2O3. The summed E-state index contributed by atoms with van der Waals surface area (Å²) in [5.41, 5.74) is 2.47. The van der Waals surface area contributed by atoms with Crippen LogP contribution >= 0.6 is 0 Å². The van der Waals surface area contributed by atoms with E-state index in [2.05, 4.69) is 4.98 Å². The van der Waals surface area contributed by atoms with Gasteiger partial charge in [-0.3, -0.25) is 0 Å². The third kappa shape index (κ3) is 2.27. The smallest absolute Gasteiger partial charge is 0.141 e. The lowest BCUT2D eigenvalue weighted by Gasteiger charge is -2.07. The van der Waals surface area contributed by atoms with Crippen LogP contribution in [0.15, 0.2) is 36.4 Å². The maximum absolute atomic E-state index is 9.66. The van der Waals surface area contributed by atoms with Gasteiger partial charge in [-0.25, -0.2) is 4.98 Å². The van der Waals surface area contributed by atoms with Crippen LogP contribution in [0.25, 0.3) is 22.4 Å². The molecular weight excluding hydrogens is 268 g/mol. The molecule has 21 heavy (non-hydrogen) atoms. The monoisotopic (exact) mass is 284 g/mol. The van der Waals surface area contributed by atoms with Crippen molar-refractivity contribution in [1.29, 1.82) is 0 Å². The Balaban J connectivity index is 2.26. The summed E-state index contributed by atoms with van der Waals surface area (Å²) < 4.78 is 7.25. The molecule has 0 aliphatic rings. The van der Waals surface area contributed by atoms with E-state index in [-0.39, 0.29) is 11.5 Å². The van der Waals surface area contributed by atoms with Crippen LogP contribution in [0.2, 0.25) is 0 Å². The number of ether oxygens (including phenoxy) is 1. The molecule has 0 fully saturated rings. The topological polar surface area (TPSA) is 67.5 Å². The summed E-state index contributed by atoms with van der Waals surface area (Å²) in [4.78, 5) is 4.61. The number of hydrogen-bond acceptors (Lipinski definition) is 4. The zero-order valence-corrected chi connectivity index (χ0v) is 11.9. The van der Waals surface area contributed by atoms with Crippen molar-refractivity contribution < 1.29 is 14.9 Å². The summed E-state index contributed by atoms with van der Waals surface area (Å²) in [6, 6.07) is 10.2. The van der Waals surface area contributed by atoms with E-state index in [1.165, 1.54) is 6.07 Å². The number of rotatable bonds is 3. The molecule has 5 nitrogen and oxygen atoms in total. The summed E-state index contributed by atoms with van der Waals surface area (Å²) in [5, 5.41) is 19.3. The van der Waals surface area contributed by atoms with E-state index in [0.29, 0.717) is 11.4 Å². The second-order valence-electron chi connectivity index (χ2n) is 4.77. The molecule has 3 rings (SSSR count). The molecule has 5 heteroatoms. The fourth-order valence-corrected chi connectivity index (χ4v) is 2.50.